The van der Waals surface area contributed by atoms with Crippen molar-refractivity contribution in [1.29, 1.82) is 0 Å². The van der Waals surface area contributed by atoms with Gasteiger partial charge in [-0.1, -0.05) is 0 Å². The molecule has 0 amide bonds. The topological polar surface area (TPSA) is 29.5 Å². The molecule has 1 aliphatic rings. The van der Waals surface area contributed by atoms with E-state index in [9.17, 15) is 17.6 Å². The summed E-state index contributed by atoms with van der Waals surface area (Å²) in [6.07, 6.45) is -2.51. The van der Waals surface area contributed by atoms with E-state index < -0.39 is 35.9 Å². The zero-order valence-electron chi connectivity index (χ0n) is 7.23. The summed E-state index contributed by atoms with van der Waals surface area (Å²) in [5.41, 5.74) is -0.625. The number of alkyl halides is 2. The highest BCUT2D eigenvalue weighted by Gasteiger charge is 2.50. The van der Waals surface area contributed by atoms with Crippen LogP contribution in [0.2, 0.25) is 0 Å². The lowest BCUT2D eigenvalue weighted by Gasteiger charge is -2.28. The van der Waals surface area contributed by atoms with Crippen LogP contribution in [0.15, 0.2) is 23.3 Å². The van der Waals surface area contributed by atoms with Gasteiger partial charge in [-0.3, -0.25) is 0 Å². The molecule has 0 spiro atoms. The number of methoxy groups -OCH3 is 1. The minimum Gasteiger partial charge on any atom is -0.392 e. The Morgan fingerprint density at radius 3 is 2.57 bits per heavy atom. The van der Waals surface area contributed by atoms with Crippen LogP contribution >= 0.6 is 0 Å². The van der Waals surface area contributed by atoms with E-state index in [-0.39, 0.29) is 0 Å². The van der Waals surface area contributed by atoms with E-state index in [0.717, 1.165) is 7.11 Å². The van der Waals surface area contributed by atoms with E-state index in [1.54, 1.807) is 0 Å². The molecule has 80 valence electrons. The van der Waals surface area contributed by atoms with Gasteiger partial charge in [-0.15, -0.1) is 0 Å². The predicted molar refractivity (Wildman–Crippen MR) is 40.2 cm³/mol. The summed E-state index contributed by atoms with van der Waals surface area (Å²) < 4.78 is 56.0. The fraction of sp³-hybridized carbons (Fsp3) is 0.500. The van der Waals surface area contributed by atoms with E-state index in [1.807, 2.05) is 0 Å². The second-order valence-electron chi connectivity index (χ2n) is 2.74. The van der Waals surface area contributed by atoms with Crippen LogP contribution in [0.5, 0.6) is 0 Å². The average Bonchev–Trinajstić information content (AvgIpc) is 2.20. The fourth-order valence-corrected chi connectivity index (χ4v) is 1.09. The zero-order chi connectivity index (χ0) is 10.9. The van der Waals surface area contributed by atoms with Crippen molar-refractivity contribution in [3.05, 3.63) is 23.3 Å². The monoisotopic (exact) mass is 212 g/mol. The highest BCUT2D eigenvalue weighted by atomic mass is 19.2. The molecule has 0 bridgehead atoms. The number of hydrogen-bond donors (Lipinski definition) is 1. The molecule has 0 aliphatic heterocycles. The molecule has 0 radical (unpaired) electrons. The number of aliphatic hydroxyl groups excluding tert-OH is 1. The van der Waals surface area contributed by atoms with E-state index in [2.05, 4.69) is 4.74 Å². The minimum absolute atomic E-state index is 0.384. The van der Waals surface area contributed by atoms with Gasteiger partial charge in [0.1, 0.15) is 5.83 Å². The average molecular weight is 212 g/mol. The summed E-state index contributed by atoms with van der Waals surface area (Å²) >= 11 is 0. The Labute approximate surface area is 77.5 Å². The maximum absolute atomic E-state index is 13.3. The van der Waals surface area contributed by atoms with E-state index >= 15 is 0 Å². The van der Waals surface area contributed by atoms with Crippen LogP contribution in [-0.2, 0) is 4.74 Å². The Morgan fingerprint density at radius 2 is 2.14 bits per heavy atom. The third-order valence-electron chi connectivity index (χ3n) is 1.95. The van der Waals surface area contributed by atoms with Gasteiger partial charge in [0, 0.05) is 12.7 Å². The van der Waals surface area contributed by atoms with Crippen molar-refractivity contribution in [2.45, 2.75) is 12.0 Å². The molecule has 14 heavy (non-hydrogen) atoms. The summed E-state index contributed by atoms with van der Waals surface area (Å²) in [5, 5.41) is 8.50. The number of hydrogen-bond acceptors (Lipinski definition) is 2. The van der Waals surface area contributed by atoms with Gasteiger partial charge >= 0.3 is 0 Å². The van der Waals surface area contributed by atoms with Crippen LogP contribution in [0.3, 0.4) is 0 Å². The first-order chi connectivity index (χ1) is 6.47. The van der Waals surface area contributed by atoms with Crippen LogP contribution < -0.4 is 0 Å². The molecular weight excluding hydrogens is 204 g/mol. The van der Waals surface area contributed by atoms with Crippen molar-refractivity contribution >= 4 is 0 Å². The van der Waals surface area contributed by atoms with Crippen LogP contribution in [0.1, 0.15) is 0 Å². The van der Waals surface area contributed by atoms with Gasteiger partial charge in [-0.2, -0.15) is 0 Å². The Morgan fingerprint density at radius 1 is 1.57 bits per heavy atom. The molecule has 2 atom stereocenters. The molecule has 0 saturated carbocycles. The highest BCUT2D eigenvalue weighted by Crippen LogP contribution is 2.40. The molecule has 0 aromatic carbocycles. The first kappa shape index (κ1) is 11.2. The maximum atomic E-state index is 13.3. The van der Waals surface area contributed by atoms with E-state index in [0.29, 0.717) is 6.08 Å². The van der Waals surface area contributed by atoms with Crippen molar-refractivity contribution < 1.29 is 27.4 Å². The number of halogens is 4. The molecular formula is C8H8F4O2. The lowest BCUT2D eigenvalue weighted by atomic mass is 9.99. The predicted octanol–water partition coefficient (Wildman–Crippen LogP) is 1.72. The first-order valence-electron chi connectivity index (χ1n) is 3.72. The normalized spacial score (nSPS) is 33.3. The van der Waals surface area contributed by atoms with Crippen LogP contribution in [0.25, 0.3) is 0 Å². The van der Waals surface area contributed by atoms with Gasteiger partial charge in [0.2, 0.25) is 6.17 Å². The van der Waals surface area contributed by atoms with E-state index in [4.69, 9.17) is 5.11 Å². The molecule has 0 aromatic rings. The Hall–Kier alpha value is -0.880. The van der Waals surface area contributed by atoms with E-state index in [1.165, 1.54) is 0 Å². The maximum Gasteiger partial charge on any atom is 0.299 e. The largest absolute Gasteiger partial charge is 0.392 e. The van der Waals surface area contributed by atoms with Gasteiger partial charge in [-0.05, 0) is 6.08 Å². The van der Waals surface area contributed by atoms with Crippen molar-refractivity contribution in [3.63, 3.8) is 0 Å². The van der Waals surface area contributed by atoms with Crippen LogP contribution in [0, 0.1) is 0 Å². The molecule has 6 heteroatoms. The van der Waals surface area contributed by atoms with Crippen molar-refractivity contribution in [1.82, 2.24) is 0 Å². The molecule has 1 rings (SSSR count). The summed E-state index contributed by atoms with van der Waals surface area (Å²) in [6.45, 7) is -0.903. The highest BCUT2D eigenvalue weighted by molar-refractivity contribution is 5.36. The van der Waals surface area contributed by atoms with Crippen LogP contribution in [0.4, 0.5) is 17.6 Å². The third-order valence-corrected chi connectivity index (χ3v) is 1.95. The van der Waals surface area contributed by atoms with Gasteiger partial charge in [-0.25, -0.2) is 17.6 Å². The van der Waals surface area contributed by atoms with Gasteiger partial charge in [0.25, 0.3) is 5.85 Å². The number of aliphatic hydroxyl groups is 1. The Balaban J connectivity index is 3.16. The summed E-state index contributed by atoms with van der Waals surface area (Å²) in [6, 6.07) is 0. The first-order valence-corrected chi connectivity index (χ1v) is 3.72. The molecule has 0 saturated heterocycles. The lowest BCUT2D eigenvalue weighted by molar-refractivity contribution is -0.148. The second-order valence-corrected chi connectivity index (χ2v) is 2.74. The van der Waals surface area contributed by atoms with Crippen molar-refractivity contribution in [3.8, 4) is 0 Å². The Bertz CT molecular complexity index is 300. The van der Waals surface area contributed by atoms with Gasteiger partial charge in [0.15, 0.2) is 5.83 Å². The molecule has 0 fully saturated rings. The minimum atomic E-state index is -3.43. The number of ether oxygens (including phenoxy) is 1. The van der Waals surface area contributed by atoms with Crippen molar-refractivity contribution in [2.75, 3.05) is 13.7 Å². The smallest absolute Gasteiger partial charge is 0.299 e. The molecule has 0 aromatic heterocycles. The summed E-state index contributed by atoms with van der Waals surface area (Å²) in [5.74, 6) is -6.58. The quantitative estimate of drug-likeness (QED) is 0.706. The molecule has 1 aliphatic carbocycles. The molecule has 0 heterocycles. The summed E-state index contributed by atoms with van der Waals surface area (Å²) in [4.78, 5) is 0. The van der Waals surface area contributed by atoms with Crippen molar-refractivity contribution in [2.24, 2.45) is 0 Å². The Kier molecular flexibility index (Phi) is 2.96. The van der Waals surface area contributed by atoms with Crippen LogP contribution in [-0.4, -0.2) is 30.8 Å². The SMILES string of the molecule is COC1(F)C(F)=CC(CO)=C(F)C1F. The lowest BCUT2D eigenvalue weighted by Crippen LogP contribution is -2.41. The zero-order valence-corrected chi connectivity index (χ0v) is 7.23. The summed E-state index contributed by atoms with van der Waals surface area (Å²) in [7, 11) is 0.719. The standard InChI is InChI=1S/C8H8F4O2/c1-14-8(12)5(9)2-4(3-13)6(10)7(8)11/h2,7,13H,3H2,1H3. The molecule has 2 nitrogen and oxygen atoms in total. The fourth-order valence-electron chi connectivity index (χ4n) is 1.09. The van der Waals surface area contributed by atoms with Gasteiger partial charge in [0.05, 0.1) is 6.61 Å². The van der Waals surface area contributed by atoms with Gasteiger partial charge < -0.3 is 9.84 Å². The molecule has 2 unspecified atom stereocenters. The second kappa shape index (κ2) is 3.70. The third kappa shape index (κ3) is 1.44. The molecule has 1 N–H and O–H groups in total. The number of rotatable bonds is 2.